The molecular weight excluding hydrogens is 302 g/mol. The second-order valence-corrected chi connectivity index (χ2v) is 6.89. The lowest BCUT2D eigenvalue weighted by molar-refractivity contribution is 0.0736. The van der Waals surface area contributed by atoms with Crippen LogP contribution in [0.1, 0.15) is 46.1 Å². The summed E-state index contributed by atoms with van der Waals surface area (Å²) in [7, 11) is 0. The van der Waals surface area contributed by atoms with Gasteiger partial charge in [0.2, 0.25) is 0 Å². The third-order valence-corrected chi connectivity index (χ3v) is 5.21. The second kappa shape index (κ2) is 5.96. The predicted octanol–water partition coefficient (Wildman–Crippen LogP) is 3.13. The Morgan fingerprint density at radius 2 is 1.92 bits per heavy atom. The van der Waals surface area contributed by atoms with Crippen LogP contribution in [0.15, 0.2) is 28.8 Å². The maximum atomic E-state index is 12.6. The highest BCUT2D eigenvalue weighted by atomic mass is 16.5. The van der Waals surface area contributed by atoms with Gasteiger partial charge in [0.05, 0.1) is 0 Å². The lowest BCUT2D eigenvalue weighted by Gasteiger charge is -2.36. The third kappa shape index (κ3) is 2.79. The summed E-state index contributed by atoms with van der Waals surface area (Å²) in [4.78, 5) is 16.9. The standard InChI is InChI=1S/C19H23N3O2/c1-13-4-3-5-17(14(13)2)21-8-10-22(11-9-21)19(23)16-12-18(24-20-16)15-6-7-15/h3-5,12,15H,6-11H2,1-2H3. The predicted molar refractivity (Wildman–Crippen MR) is 92.5 cm³/mol. The second-order valence-electron chi connectivity index (χ2n) is 6.89. The first-order valence-corrected chi connectivity index (χ1v) is 8.70. The van der Waals surface area contributed by atoms with Crippen LogP contribution in [0.5, 0.6) is 0 Å². The molecule has 0 N–H and O–H groups in total. The molecule has 1 aliphatic heterocycles. The monoisotopic (exact) mass is 325 g/mol. The van der Waals surface area contributed by atoms with E-state index >= 15 is 0 Å². The molecule has 5 heteroatoms. The van der Waals surface area contributed by atoms with Gasteiger partial charge in [0, 0.05) is 43.9 Å². The van der Waals surface area contributed by atoms with Gasteiger partial charge in [-0.1, -0.05) is 17.3 Å². The number of rotatable bonds is 3. The molecule has 4 rings (SSSR count). The molecule has 1 aromatic carbocycles. The number of aromatic nitrogens is 1. The molecule has 0 atom stereocenters. The van der Waals surface area contributed by atoms with Gasteiger partial charge in [0.25, 0.3) is 5.91 Å². The summed E-state index contributed by atoms with van der Waals surface area (Å²) >= 11 is 0. The number of piperazine rings is 1. The molecule has 0 spiro atoms. The van der Waals surface area contributed by atoms with E-state index in [-0.39, 0.29) is 5.91 Å². The van der Waals surface area contributed by atoms with E-state index in [0.717, 1.165) is 44.8 Å². The van der Waals surface area contributed by atoms with Crippen molar-refractivity contribution in [3.05, 3.63) is 46.8 Å². The van der Waals surface area contributed by atoms with E-state index in [0.29, 0.717) is 11.6 Å². The third-order valence-electron chi connectivity index (χ3n) is 5.21. The number of hydrogen-bond acceptors (Lipinski definition) is 4. The van der Waals surface area contributed by atoms with Gasteiger partial charge in [0.15, 0.2) is 5.69 Å². The van der Waals surface area contributed by atoms with Crippen molar-refractivity contribution in [1.29, 1.82) is 0 Å². The molecule has 2 aromatic rings. The Morgan fingerprint density at radius 1 is 1.17 bits per heavy atom. The van der Waals surface area contributed by atoms with Gasteiger partial charge in [-0.15, -0.1) is 0 Å². The van der Waals surface area contributed by atoms with Gasteiger partial charge in [-0.3, -0.25) is 4.79 Å². The number of aryl methyl sites for hydroxylation is 1. The summed E-state index contributed by atoms with van der Waals surface area (Å²) in [6.07, 6.45) is 2.30. The van der Waals surface area contributed by atoms with E-state index in [4.69, 9.17) is 4.52 Å². The zero-order chi connectivity index (χ0) is 16.7. The van der Waals surface area contributed by atoms with Crippen molar-refractivity contribution in [3.63, 3.8) is 0 Å². The molecular formula is C19H23N3O2. The number of benzene rings is 1. The van der Waals surface area contributed by atoms with E-state index in [9.17, 15) is 4.79 Å². The van der Waals surface area contributed by atoms with Gasteiger partial charge >= 0.3 is 0 Å². The average Bonchev–Trinajstić information content (AvgIpc) is 3.34. The molecule has 2 heterocycles. The number of anilines is 1. The minimum absolute atomic E-state index is 0.00809. The molecule has 2 fully saturated rings. The molecule has 126 valence electrons. The van der Waals surface area contributed by atoms with E-state index in [2.05, 4.69) is 42.1 Å². The molecule has 0 bridgehead atoms. The van der Waals surface area contributed by atoms with Crippen molar-refractivity contribution in [2.45, 2.75) is 32.6 Å². The maximum Gasteiger partial charge on any atom is 0.276 e. The lowest BCUT2D eigenvalue weighted by atomic mass is 10.1. The first-order chi connectivity index (χ1) is 11.6. The molecule has 0 unspecified atom stereocenters. The smallest absolute Gasteiger partial charge is 0.276 e. The lowest BCUT2D eigenvalue weighted by Crippen LogP contribution is -2.49. The highest BCUT2D eigenvalue weighted by molar-refractivity contribution is 5.92. The molecule has 1 saturated heterocycles. The fourth-order valence-electron chi connectivity index (χ4n) is 3.34. The highest BCUT2D eigenvalue weighted by Crippen LogP contribution is 2.40. The van der Waals surface area contributed by atoms with Crippen molar-refractivity contribution >= 4 is 11.6 Å². The zero-order valence-corrected chi connectivity index (χ0v) is 14.3. The minimum atomic E-state index is -0.00809. The van der Waals surface area contributed by atoms with Crippen molar-refractivity contribution < 1.29 is 9.32 Å². The summed E-state index contributed by atoms with van der Waals surface area (Å²) in [5.41, 5.74) is 4.36. The van der Waals surface area contributed by atoms with Crippen LogP contribution in [-0.2, 0) is 0 Å². The summed E-state index contributed by atoms with van der Waals surface area (Å²) in [5, 5.41) is 3.98. The van der Waals surface area contributed by atoms with E-state index in [1.54, 1.807) is 0 Å². The Morgan fingerprint density at radius 3 is 2.62 bits per heavy atom. The molecule has 0 radical (unpaired) electrons. The number of carbonyl (C=O) groups is 1. The average molecular weight is 325 g/mol. The Hall–Kier alpha value is -2.30. The maximum absolute atomic E-state index is 12.6. The van der Waals surface area contributed by atoms with Crippen LogP contribution >= 0.6 is 0 Å². The van der Waals surface area contributed by atoms with Crippen LogP contribution in [0.4, 0.5) is 5.69 Å². The van der Waals surface area contributed by atoms with Crippen LogP contribution < -0.4 is 4.90 Å². The molecule has 1 aromatic heterocycles. The number of nitrogens with zero attached hydrogens (tertiary/aromatic N) is 3. The first kappa shape index (κ1) is 15.2. The highest BCUT2D eigenvalue weighted by Gasteiger charge is 2.30. The van der Waals surface area contributed by atoms with Crippen LogP contribution in [0.2, 0.25) is 0 Å². The fraction of sp³-hybridized carbons (Fsp3) is 0.474. The Labute approximate surface area is 142 Å². The van der Waals surface area contributed by atoms with Gasteiger partial charge in [-0.25, -0.2) is 0 Å². The van der Waals surface area contributed by atoms with Crippen molar-refractivity contribution in [1.82, 2.24) is 10.1 Å². The Balaban J connectivity index is 1.41. The summed E-state index contributed by atoms with van der Waals surface area (Å²) in [6.45, 7) is 7.44. The van der Waals surface area contributed by atoms with Crippen molar-refractivity contribution in [2.75, 3.05) is 31.1 Å². The van der Waals surface area contributed by atoms with Crippen LogP contribution in [0.25, 0.3) is 0 Å². The summed E-state index contributed by atoms with van der Waals surface area (Å²) in [5.74, 6) is 1.35. The molecule has 1 aliphatic carbocycles. The van der Waals surface area contributed by atoms with Gasteiger partial charge in [-0.2, -0.15) is 0 Å². The number of carbonyl (C=O) groups excluding carboxylic acids is 1. The van der Waals surface area contributed by atoms with Gasteiger partial charge in [-0.05, 0) is 43.9 Å². The fourth-order valence-corrected chi connectivity index (χ4v) is 3.34. The molecule has 1 amide bonds. The van der Waals surface area contributed by atoms with E-state index < -0.39 is 0 Å². The Kier molecular flexibility index (Phi) is 3.79. The first-order valence-electron chi connectivity index (χ1n) is 8.70. The van der Waals surface area contributed by atoms with Crippen molar-refractivity contribution in [3.8, 4) is 0 Å². The normalized spacial score (nSPS) is 18.1. The van der Waals surface area contributed by atoms with Crippen LogP contribution in [0.3, 0.4) is 0 Å². The van der Waals surface area contributed by atoms with E-state index in [1.165, 1.54) is 16.8 Å². The van der Waals surface area contributed by atoms with Gasteiger partial charge in [0.1, 0.15) is 5.76 Å². The number of hydrogen-bond donors (Lipinski definition) is 0. The van der Waals surface area contributed by atoms with Crippen molar-refractivity contribution in [2.24, 2.45) is 0 Å². The molecule has 2 aliphatic rings. The SMILES string of the molecule is Cc1cccc(N2CCN(C(=O)c3cc(C4CC4)on3)CC2)c1C. The van der Waals surface area contributed by atoms with E-state index in [1.807, 2.05) is 11.0 Å². The molecule has 24 heavy (non-hydrogen) atoms. The van der Waals surface area contributed by atoms with Gasteiger partial charge < -0.3 is 14.3 Å². The molecule has 5 nitrogen and oxygen atoms in total. The van der Waals surface area contributed by atoms with Crippen LogP contribution in [0, 0.1) is 13.8 Å². The number of amides is 1. The van der Waals surface area contributed by atoms with Crippen LogP contribution in [-0.4, -0.2) is 42.1 Å². The quantitative estimate of drug-likeness (QED) is 0.870. The zero-order valence-electron chi connectivity index (χ0n) is 14.3. The Bertz CT molecular complexity index is 756. The summed E-state index contributed by atoms with van der Waals surface area (Å²) in [6, 6.07) is 8.24. The largest absolute Gasteiger partial charge is 0.368 e. The topological polar surface area (TPSA) is 49.6 Å². The molecule has 1 saturated carbocycles. The summed E-state index contributed by atoms with van der Waals surface area (Å²) < 4.78 is 5.31. The minimum Gasteiger partial charge on any atom is -0.368 e.